The number of aliphatic hydroxyl groups is 5. The Morgan fingerprint density at radius 2 is 1.14 bits per heavy atom. The third-order valence-electron chi connectivity index (χ3n) is 10.7. The van der Waals surface area contributed by atoms with Crippen molar-refractivity contribution in [3.63, 3.8) is 0 Å². The number of rotatable bonds is 37. The number of hydrogen-bond acceptors (Lipinski definition) is 11. The Labute approximate surface area is 339 Å². The van der Waals surface area contributed by atoms with Crippen molar-refractivity contribution >= 4 is 16.3 Å². The van der Waals surface area contributed by atoms with Gasteiger partial charge in [0.15, 0.2) is 6.29 Å². The van der Waals surface area contributed by atoms with Crippen LogP contribution in [-0.2, 0) is 28.9 Å². The highest BCUT2D eigenvalue weighted by atomic mass is 32.3. The van der Waals surface area contributed by atoms with E-state index in [2.05, 4.69) is 35.5 Å². The van der Waals surface area contributed by atoms with Gasteiger partial charge in [-0.05, 0) is 38.5 Å². The van der Waals surface area contributed by atoms with Crippen LogP contribution in [0.3, 0.4) is 0 Å². The quantitative estimate of drug-likeness (QED) is 0.0192. The zero-order valence-corrected chi connectivity index (χ0v) is 35.6. The van der Waals surface area contributed by atoms with Crippen LogP contribution in [0.25, 0.3) is 0 Å². The molecule has 0 aliphatic carbocycles. The molecule has 1 rings (SSSR count). The molecule has 1 aliphatic heterocycles. The fourth-order valence-electron chi connectivity index (χ4n) is 7.11. The normalized spacial score (nSPS) is 22.0. The summed E-state index contributed by atoms with van der Waals surface area (Å²) in [4.78, 5) is 13.1. The van der Waals surface area contributed by atoms with Gasteiger partial charge in [0.2, 0.25) is 5.91 Å². The Morgan fingerprint density at radius 1 is 0.696 bits per heavy atom. The molecular formula is C42H81NO12S. The number of ether oxygens (including phenoxy) is 2. The molecule has 8 atom stereocenters. The van der Waals surface area contributed by atoms with Crippen LogP contribution in [0.4, 0.5) is 0 Å². The molecule has 0 radical (unpaired) electrons. The standard InChI is InChI=1S/C42H81NO12S/c1-3-5-7-9-11-13-15-17-18-19-21-23-25-27-29-31-36(46)41(49)43-34(35(45)30-28-26-24-22-20-16-14-12-10-8-6-4-2)33-53-42-39(48)40(55-56(50,51)52)38(47)37(32-44)54-42/h18-19,34-40,42,44-48H,3-17,20-33H2,1-2H3,(H,43,49)(H,50,51,52)/b19-18-. The summed E-state index contributed by atoms with van der Waals surface area (Å²) in [6.45, 7) is 3.25. The molecule has 13 nitrogen and oxygen atoms in total. The lowest BCUT2D eigenvalue weighted by Crippen LogP contribution is -2.61. The molecule has 8 unspecified atom stereocenters. The minimum atomic E-state index is -5.11. The van der Waals surface area contributed by atoms with Crippen molar-refractivity contribution in [3.8, 4) is 0 Å². The Bertz CT molecular complexity index is 1080. The summed E-state index contributed by atoms with van der Waals surface area (Å²) in [7, 11) is -5.11. The Hall–Kier alpha value is -1.20. The third kappa shape index (κ3) is 26.0. The van der Waals surface area contributed by atoms with E-state index in [1.165, 1.54) is 96.3 Å². The monoisotopic (exact) mass is 824 g/mol. The topological polar surface area (TPSA) is 212 Å². The van der Waals surface area contributed by atoms with Crippen LogP contribution in [0, 0.1) is 0 Å². The van der Waals surface area contributed by atoms with Gasteiger partial charge in [-0.3, -0.25) is 9.35 Å². The highest BCUT2D eigenvalue weighted by molar-refractivity contribution is 7.80. The molecule has 0 aromatic carbocycles. The van der Waals surface area contributed by atoms with Crippen molar-refractivity contribution in [1.29, 1.82) is 0 Å². The van der Waals surface area contributed by atoms with Crippen LogP contribution in [0.15, 0.2) is 12.2 Å². The van der Waals surface area contributed by atoms with E-state index < -0.39 is 78.5 Å². The van der Waals surface area contributed by atoms with Gasteiger partial charge in [-0.1, -0.05) is 161 Å². The van der Waals surface area contributed by atoms with Gasteiger partial charge in [-0.2, -0.15) is 8.42 Å². The third-order valence-corrected chi connectivity index (χ3v) is 11.1. The van der Waals surface area contributed by atoms with E-state index in [1.807, 2.05) is 0 Å². The number of aliphatic hydroxyl groups excluding tert-OH is 5. The first kappa shape index (κ1) is 52.8. The smallest absolute Gasteiger partial charge is 0.394 e. The SMILES string of the molecule is CCCCCCCCC/C=C\CCCCCCC(O)C(=O)NC(COC1OC(CO)C(O)C(OS(=O)(=O)O)C1O)C(O)CCCCCCCCCCCCCC. The number of amides is 1. The van der Waals surface area contributed by atoms with Crippen molar-refractivity contribution in [3.05, 3.63) is 12.2 Å². The van der Waals surface area contributed by atoms with Crippen molar-refractivity contribution in [1.82, 2.24) is 5.32 Å². The molecule has 0 saturated carbocycles. The molecule has 0 aromatic rings. The zero-order valence-electron chi connectivity index (χ0n) is 34.8. The summed E-state index contributed by atoms with van der Waals surface area (Å²) >= 11 is 0. The second-order valence-corrected chi connectivity index (χ2v) is 16.8. The number of allylic oxidation sites excluding steroid dienone is 2. The molecule has 7 N–H and O–H groups in total. The summed E-state index contributed by atoms with van der Waals surface area (Å²) in [6.07, 6.45) is 22.6. The van der Waals surface area contributed by atoms with E-state index in [0.29, 0.717) is 19.3 Å². The molecule has 0 bridgehead atoms. The van der Waals surface area contributed by atoms with E-state index in [-0.39, 0.29) is 6.42 Å². The van der Waals surface area contributed by atoms with Crippen LogP contribution >= 0.6 is 0 Å². The minimum absolute atomic E-state index is 0.248. The largest absolute Gasteiger partial charge is 0.397 e. The second-order valence-electron chi connectivity index (χ2n) is 15.8. The van der Waals surface area contributed by atoms with Crippen molar-refractivity contribution in [2.75, 3.05) is 13.2 Å². The van der Waals surface area contributed by atoms with Gasteiger partial charge in [0.05, 0.1) is 25.4 Å². The van der Waals surface area contributed by atoms with Gasteiger partial charge in [0, 0.05) is 0 Å². The summed E-state index contributed by atoms with van der Waals surface area (Å²) in [5, 5.41) is 55.2. The molecule has 14 heteroatoms. The van der Waals surface area contributed by atoms with E-state index in [4.69, 9.17) is 14.0 Å². The molecule has 0 spiro atoms. The van der Waals surface area contributed by atoms with Gasteiger partial charge in [0.1, 0.15) is 30.5 Å². The molecule has 56 heavy (non-hydrogen) atoms. The lowest BCUT2D eigenvalue weighted by molar-refractivity contribution is -0.298. The lowest BCUT2D eigenvalue weighted by Gasteiger charge is -2.41. The first-order chi connectivity index (χ1) is 26.9. The van der Waals surface area contributed by atoms with E-state index in [0.717, 1.165) is 51.4 Å². The number of carbonyl (C=O) groups excluding carboxylic acids is 1. The first-order valence-electron chi connectivity index (χ1n) is 22.2. The van der Waals surface area contributed by atoms with Crippen molar-refractivity contribution in [2.45, 2.75) is 236 Å². The molecule has 0 aromatic heterocycles. The average Bonchev–Trinajstić information content (AvgIpc) is 3.16. The van der Waals surface area contributed by atoms with Gasteiger partial charge in [0.25, 0.3) is 0 Å². The second kappa shape index (κ2) is 33.6. The molecule has 1 fully saturated rings. The predicted molar refractivity (Wildman–Crippen MR) is 219 cm³/mol. The molecule has 1 amide bonds. The number of unbranched alkanes of at least 4 members (excludes halogenated alkanes) is 22. The maximum Gasteiger partial charge on any atom is 0.397 e. The van der Waals surface area contributed by atoms with Crippen molar-refractivity contribution < 1.29 is 57.0 Å². The molecular weight excluding hydrogens is 743 g/mol. The van der Waals surface area contributed by atoms with Crippen LogP contribution in [0.1, 0.15) is 187 Å². The van der Waals surface area contributed by atoms with Gasteiger partial charge in [-0.15, -0.1) is 0 Å². The maximum atomic E-state index is 13.1. The van der Waals surface area contributed by atoms with Gasteiger partial charge < -0.3 is 40.3 Å². The highest BCUT2D eigenvalue weighted by Crippen LogP contribution is 2.26. The summed E-state index contributed by atoms with van der Waals surface area (Å²) < 4.78 is 47.5. The molecule has 1 heterocycles. The fraction of sp³-hybridized carbons (Fsp3) is 0.929. The van der Waals surface area contributed by atoms with Gasteiger partial charge in [-0.25, -0.2) is 4.18 Å². The summed E-state index contributed by atoms with van der Waals surface area (Å²) in [5.74, 6) is -0.679. The fourth-order valence-corrected chi connectivity index (χ4v) is 7.61. The average molecular weight is 824 g/mol. The Kier molecular flexibility index (Phi) is 31.7. The Morgan fingerprint density at radius 3 is 1.61 bits per heavy atom. The zero-order chi connectivity index (χ0) is 41.4. The van der Waals surface area contributed by atoms with Gasteiger partial charge >= 0.3 is 10.4 Å². The summed E-state index contributed by atoms with van der Waals surface area (Å²) in [5.41, 5.74) is 0. The molecule has 332 valence electrons. The number of carbonyl (C=O) groups is 1. The molecule has 1 aliphatic rings. The molecule has 1 saturated heterocycles. The van der Waals surface area contributed by atoms with E-state index in [9.17, 15) is 38.7 Å². The highest BCUT2D eigenvalue weighted by Gasteiger charge is 2.48. The van der Waals surface area contributed by atoms with Crippen LogP contribution < -0.4 is 5.32 Å². The lowest BCUT2D eigenvalue weighted by atomic mass is 9.99. The van der Waals surface area contributed by atoms with Crippen LogP contribution in [0.2, 0.25) is 0 Å². The predicted octanol–water partition coefficient (Wildman–Crippen LogP) is 6.97. The maximum absolute atomic E-state index is 13.1. The van der Waals surface area contributed by atoms with E-state index >= 15 is 0 Å². The first-order valence-corrected chi connectivity index (χ1v) is 23.5. The van der Waals surface area contributed by atoms with Crippen LogP contribution in [-0.4, -0.2) is 107 Å². The number of nitrogens with one attached hydrogen (secondary N) is 1. The number of hydrogen-bond donors (Lipinski definition) is 7. The van der Waals surface area contributed by atoms with E-state index in [1.54, 1.807) is 0 Å². The Balaban J connectivity index is 2.60. The van der Waals surface area contributed by atoms with Crippen LogP contribution in [0.5, 0.6) is 0 Å². The van der Waals surface area contributed by atoms with Crippen molar-refractivity contribution in [2.24, 2.45) is 0 Å². The summed E-state index contributed by atoms with van der Waals surface area (Å²) in [6, 6.07) is -1.03. The minimum Gasteiger partial charge on any atom is -0.394 e.